The van der Waals surface area contributed by atoms with E-state index in [-0.39, 0.29) is 11.9 Å². The maximum Gasteiger partial charge on any atom is 0.225 e. The number of amides is 1. The van der Waals surface area contributed by atoms with Crippen molar-refractivity contribution in [2.75, 3.05) is 0 Å². The van der Waals surface area contributed by atoms with Gasteiger partial charge in [0, 0.05) is 18.3 Å². The minimum atomic E-state index is -0.241. The van der Waals surface area contributed by atoms with Crippen molar-refractivity contribution in [2.24, 2.45) is 7.05 Å². The van der Waals surface area contributed by atoms with Crippen molar-refractivity contribution in [3.05, 3.63) is 82.9 Å². The van der Waals surface area contributed by atoms with Gasteiger partial charge in [0.2, 0.25) is 5.91 Å². The predicted molar refractivity (Wildman–Crippen MR) is 114 cm³/mol. The van der Waals surface area contributed by atoms with Gasteiger partial charge in [-0.05, 0) is 38.0 Å². The summed E-state index contributed by atoms with van der Waals surface area (Å²) >= 11 is 0. The fraction of sp³-hybridized carbons (Fsp3) is 0.261. The van der Waals surface area contributed by atoms with Crippen molar-refractivity contribution >= 4 is 16.9 Å². The number of aromatic nitrogens is 4. The average molecular weight is 387 g/mol. The Labute approximate surface area is 170 Å². The van der Waals surface area contributed by atoms with Crippen molar-refractivity contribution in [3.8, 4) is 0 Å². The van der Waals surface area contributed by atoms with Gasteiger partial charge in [0.1, 0.15) is 5.82 Å². The molecule has 0 fully saturated rings. The highest BCUT2D eigenvalue weighted by atomic mass is 16.1. The summed E-state index contributed by atoms with van der Waals surface area (Å²) < 4.78 is 1.82. The molecule has 6 heteroatoms. The number of hydrogen-bond acceptors (Lipinski definition) is 3. The van der Waals surface area contributed by atoms with E-state index in [1.165, 1.54) is 0 Å². The SMILES string of the molecule is Cc1nn(C)c(C)c1CC(=O)N[C@@H](Cc1ccccc1)c1nc2ccccc2[nH]1. The van der Waals surface area contributed by atoms with E-state index >= 15 is 0 Å². The number of nitrogens with zero attached hydrogens (tertiary/aromatic N) is 3. The van der Waals surface area contributed by atoms with Gasteiger partial charge in [-0.15, -0.1) is 0 Å². The molecule has 2 N–H and O–H groups in total. The van der Waals surface area contributed by atoms with Crippen LogP contribution in [-0.4, -0.2) is 25.7 Å². The minimum Gasteiger partial charge on any atom is -0.346 e. The van der Waals surface area contributed by atoms with Crippen LogP contribution in [0.4, 0.5) is 0 Å². The van der Waals surface area contributed by atoms with E-state index in [1.54, 1.807) is 0 Å². The number of rotatable bonds is 6. The molecular formula is C23H25N5O. The van der Waals surface area contributed by atoms with E-state index in [1.807, 2.05) is 68.0 Å². The molecule has 6 nitrogen and oxygen atoms in total. The number of para-hydroxylation sites is 2. The van der Waals surface area contributed by atoms with Crippen LogP contribution in [0.15, 0.2) is 54.6 Å². The van der Waals surface area contributed by atoms with Crippen molar-refractivity contribution in [3.63, 3.8) is 0 Å². The summed E-state index contributed by atoms with van der Waals surface area (Å²) in [5, 5.41) is 7.60. The molecule has 148 valence electrons. The molecule has 0 spiro atoms. The molecule has 0 aliphatic rings. The highest BCUT2D eigenvalue weighted by molar-refractivity contribution is 5.80. The van der Waals surface area contributed by atoms with Crippen LogP contribution in [0.3, 0.4) is 0 Å². The van der Waals surface area contributed by atoms with Gasteiger partial charge >= 0.3 is 0 Å². The number of benzene rings is 2. The molecule has 4 aromatic rings. The van der Waals surface area contributed by atoms with Crippen LogP contribution in [0.5, 0.6) is 0 Å². The molecule has 1 atom stereocenters. The van der Waals surface area contributed by atoms with Gasteiger partial charge in [-0.1, -0.05) is 42.5 Å². The van der Waals surface area contributed by atoms with Crippen molar-refractivity contribution in [1.82, 2.24) is 25.1 Å². The fourth-order valence-electron chi connectivity index (χ4n) is 3.68. The standard InChI is InChI=1S/C23H25N5O/c1-15-18(16(2)28(3)27-15)14-22(29)24-21(13-17-9-5-4-6-10-17)23-25-19-11-7-8-12-20(19)26-23/h4-12,21H,13-14H2,1-3H3,(H,24,29)(H,25,26)/t21-/m0/s1. The number of aromatic amines is 1. The molecular weight excluding hydrogens is 362 g/mol. The molecule has 29 heavy (non-hydrogen) atoms. The third kappa shape index (κ3) is 4.06. The van der Waals surface area contributed by atoms with E-state index in [2.05, 4.69) is 27.5 Å². The maximum atomic E-state index is 12.9. The zero-order valence-corrected chi connectivity index (χ0v) is 16.9. The van der Waals surface area contributed by atoms with Crippen molar-refractivity contribution < 1.29 is 4.79 Å². The zero-order valence-electron chi connectivity index (χ0n) is 16.9. The summed E-state index contributed by atoms with van der Waals surface area (Å²) in [6.45, 7) is 3.93. The molecule has 2 aromatic carbocycles. The Morgan fingerprint density at radius 3 is 2.52 bits per heavy atom. The second kappa shape index (κ2) is 7.91. The molecule has 0 bridgehead atoms. The second-order valence-corrected chi connectivity index (χ2v) is 7.40. The van der Waals surface area contributed by atoms with Gasteiger partial charge in [-0.3, -0.25) is 9.48 Å². The number of carbonyl (C=O) groups is 1. The molecule has 0 unspecified atom stereocenters. The highest BCUT2D eigenvalue weighted by Gasteiger charge is 2.21. The van der Waals surface area contributed by atoms with Crippen LogP contribution in [0.2, 0.25) is 0 Å². The average Bonchev–Trinajstić information content (AvgIpc) is 3.25. The summed E-state index contributed by atoms with van der Waals surface area (Å²) in [5.41, 5.74) is 5.90. The van der Waals surface area contributed by atoms with E-state index in [0.29, 0.717) is 12.8 Å². The van der Waals surface area contributed by atoms with Gasteiger partial charge in [0.25, 0.3) is 0 Å². The topological polar surface area (TPSA) is 75.6 Å². The zero-order chi connectivity index (χ0) is 20.4. The lowest BCUT2D eigenvalue weighted by Gasteiger charge is -2.17. The molecule has 2 aromatic heterocycles. The normalized spacial score (nSPS) is 12.2. The molecule has 4 rings (SSSR count). The highest BCUT2D eigenvalue weighted by Crippen LogP contribution is 2.21. The van der Waals surface area contributed by atoms with Crippen LogP contribution in [0.1, 0.15) is 34.4 Å². The summed E-state index contributed by atoms with van der Waals surface area (Å²) in [4.78, 5) is 21.0. The number of fused-ring (bicyclic) bond motifs is 1. The number of nitrogens with one attached hydrogen (secondary N) is 2. The Hall–Kier alpha value is -3.41. The minimum absolute atomic E-state index is 0.0365. The van der Waals surface area contributed by atoms with Crippen LogP contribution < -0.4 is 5.32 Å². The van der Waals surface area contributed by atoms with Crippen LogP contribution in [0.25, 0.3) is 11.0 Å². The monoisotopic (exact) mass is 387 g/mol. The Morgan fingerprint density at radius 1 is 1.10 bits per heavy atom. The number of imidazole rings is 1. The first-order valence-corrected chi connectivity index (χ1v) is 9.78. The van der Waals surface area contributed by atoms with E-state index in [9.17, 15) is 4.79 Å². The summed E-state index contributed by atoms with van der Waals surface area (Å²) in [5.74, 6) is 0.730. The van der Waals surface area contributed by atoms with Gasteiger partial charge in [-0.25, -0.2) is 4.98 Å². The summed E-state index contributed by atoms with van der Waals surface area (Å²) in [6, 6.07) is 17.8. The van der Waals surface area contributed by atoms with Crippen LogP contribution in [0, 0.1) is 13.8 Å². The smallest absolute Gasteiger partial charge is 0.225 e. The van der Waals surface area contributed by atoms with E-state index in [4.69, 9.17) is 4.98 Å². The van der Waals surface area contributed by atoms with Gasteiger partial charge < -0.3 is 10.3 Å². The Balaban J connectivity index is 1.60. The van der Waals surface area contributed by atoms with Gasteiger partial charge in [0.05, 0.1) is 29.2 Å². The largest absolute Gasteiger partial charge is 0.346 e. The maximum absolute atomic E-state index is 12.9. The first-order chi connectivity index (χ1) is 14.0. The molecule has 0 saturated heterocycles. The van der Waals surface area contributed by atoms with E-state index < -0.39 is 0 Å². The number of carbonyl (C=O) groups excluding carboxylic acids is 1. The Bertz CT molecular complexity index is 1110. The molecule has 0 aliphatic heterocycles. The van der Waals surface area contributed by atoms with Crippen molar-refractivity contribution in [1.29, 1.82) is 0 Å². The first kappa shape index (κ1) is 18.9. The molecule has 0 aliphatic carbocycles. The quantitative estimate of drug-likeness (QED) is 0.531. The fourth-order valence-corrected chi connectivity index (χ4v) is 3.68. The lowest BCUT2D eigenvalue weighted by molar-refractivity contribution is -0.121. The van der Waals surface area contributed by atoms with Gasteiger partial charge in [0.15, 0.2) is 0 Å². The van der Waals surface area contributed by atoms with Crippen LogP contribution in [-0.2, 0) is 24.7 Å². The first-order valence-electron chi connectivity index (χ1n) is 9.78. The van der Waals surface area contributed by atoms with E-state index in [0.717, 1.165) is 39.4 Å². The summed E-state index contributed by atoms with van der Waals surface area (Å²) in [7, 11) is 1.90. The third-order valence-corrected chi connectivity index (χ3v) is 5.35. The number of hydrogen-bond donors (Lipinski definition) is 2. The molecule has 2 heterocycles. The lowest BCUT2D eigenvalue weighted by atomic mass is 10.0. The Kier molecular flexibility index (Phi) is 5.16. The molecule has 0 saturated carbocycles. The lowest BCUT2D eigenvalue weighted by Crippen LogP contribution is -2.32. The van der Waals surface area contributed by atoms with Gasteiger partial charge in [-0.2, -0.15) is 5.10 Å². The predicted octanol–water partition coefficient (Wildman–Crippen LogP) is 3.56. The summed E-state index contributed by atoms with van der Waals surface area (Å²) in [6.07, 6.45) is 0.967. The Morgan fingerprint density at radius 2 is 1.83 bits per heavy atom. The number of H-pyrrole nitrogens is 1. The van der Waals surface area contributed by atoms with Crippen molar-refractivity contribution in [2.45, 2.75) is 32.7 Å². The van der Waals surface area contributed by atoms with Crippen LogP contribution >= 0.6 is 0 Å². The molecule has 0 radical (unpaired) electrons. The number of aryl methyl sites for hydroxylation is 2. The molecule has 1 amide bonds. The third-order valence-electron chi connectivity index (χ3n) is 5.35. The second-order valence-electron chi connectivity index (χ2n) is 7.40.